The van der Waals surface area contributed by atoms with E-state index >= 15 is 0 Å². The first-order valence-corrected chi connectivity index (χ1v) is 2.70. The second kappa shape index (κ2) is 3.12. The molecule has 0 aliphatic rings. The van der Waals surface area contributed by atoms with Gasteiger partial charge in [-0.2, -0.15) is 0 Å². The molecule has 56 valence electrons. The molecule has 0 bridgehead atoms. The van der Waals surface area contributed by atoms with E-state index in [1.807, 2.05) is 0 Å². The summed E-state index contributed by atoms with van der Waals surface area (Å²) < 4.78 is 0. The van der Waals surface area contributed by atoms with Gasteiger partial charge >= 0.3 is 0 Å². The summed E-state index contributed by atoms with van der Waals surface area (Å²) in [4.78, 5) is 0. The average Bonchev–Trinajstić information content (AvgIpc) is 1.65. The van der Waals surface area contributed by atoms with E-state index in [9.17, 15) is 0 Å². The van der Waals surface area contributed by atoms with Crippen LogP contribution in [0.4, 0.5) is 0 Å². The van der Waals surface area contributed by atoms with Crippen LogP contribution in [-0.4, -0.2) is 38.9 Å². The molecule has 0 aromatic rings. The van der Waals surface area contributed by atoms with E-state index in [1.165, 1.54) is 6.92 Å². The van der Waals surface area contributed by atoms with Gasteiger partial charge in [0.1, 0.15) is 5.60 Å². The number of hydrogen-bond donors (Lipinski definition) is 4. The minimum Gasteiger partial charge on any atom is -0.396 e. The Balaban J connectivity index is 3.70. The lowest BCUT2D eigenvalue weighted by molar-refractivity contribution is -0.181. The van der Waals surface area contributed by atoms with Crippen molar-refractivity contribution in [1.29, 1.82) is 0 Å². The monoisotopic (exact) mass is 136 g/mol. The minimum absolute atomic E-state index is 0.0370. The lowest BCUT2D eigenvalue weighted by Gasteiger charge is -2.23. The molecule has 1 atom stereocenters. The fourth-order valence-electron chi connectivity index (χ4n) is 0.355. The smallest absolute Gasteiger partial charge is 0.180 e. The summed E-state index contributed by atoms with van der Waals surface area (Å²) in [7, 11) is 0. The van der Waals surface area contributed by atoms with Crippen LogP contribution in [0.1, 0.15) is 13.3 Å². The zero-order chi connectivity index (χ0) is 7.49. The highest BCUT2D eigenvalue weighted by atomic mass is 16.5. The van der Waals surface area contributed by atoms with Crippen molar-refractivity contribution in [2.24, 2.45) is 0 Å². The lowest BCUT2D eigenvalue weighted by Crippen LogP contribution is -2.39. The van der Waals surface area contributed by atoms with Gasteiger partial charge in [-0.05, 0) is 6.92 Å². The fourth-order valence-corrected chi connectivity index (χ4v) is 0.355. The first-order chi connectivity index (χ1) is 4.00. The Hall–Kier alpha value is -0.160. The molecule has 0 aromatic heterocycles. The molecule has 0 saturated carbocycles. The summed E-state index contributed by atoms with van der Waals surface area (Å²) >= 11 is 0. The van der Waals surface area contributed by atoms with Crippen molar-refractivity contribution in [3.8, 4) is 0 Å². The largest absolute Gasteiger partial charge is 0.396 e. The molecule has 0 rings (SSSR count). The van der Waals surface area contributed by atoms with Gasteiger partial charge in [0.05, 0.1) is 0 Å². The molecule has 0 spiro atoms. The van der Waals surface area contributed by atoms with Crippen LogP contribution in [-0.2, 0) is 0 Å². The summed E-state index contributed by atoms with van der Waals surface area (Å²) in [6, 6.07) is 0. The molecular weight excluding hydrogens is 124 g/mol. The van der Waals surface area contributed by atoms with Crippen LogP contribution >= 0.6 is 0 Å². The molecule has 1 unspecified atom stereocenters. The van der Waals surface area contributed by atoms with Crippen molar-refractivity contribution in [2.45, 2.75) is 25.2 Å². The van der Waals surface area contributed by atoms with Crippen LogP contribution in [0.5, 0.6) is 0 Å². The molecule has 0 amide bonds. The van der Waals surface area contributed by atoms with Crippen LogP contribution in [0.25, 0.3) is 0 Å². The Morgan fingerprint density at radius 2 is 1.89 bits per heavy atom. The van der Waals surface area contributed by atoms with Gasteiger partial charge in [0.15, 0.2) is 6.29 Å². The second-order valence-electron chi connectivity index (χ2n) is 2.20. The Labute approximate surface area is 53.4 Å². The molecule has 0 saturated heterocycles. The van der Waals surface area contributed by atoms with E-state index in [2.05, 4.69) is 0 Å². The highest BCUT2D eigenvalue weighted by molar-refractivity contribution is 4.73. The molecule has 0 aromatic carbocycles. The topological polar surface area (TPSA) is 80.9 Å². The van der Waals surface area contributed by atoms with Crippen molar-refractivity contribution in [3.63, 3.8) is 0 Å². The summed E-state index contributed by atoms with van der Waals surface area (Å²) in [5.41, 5.74) is -1.59. The lowest BCUT2D eigenvalue weighted by atomic mass is 10.0. The summed E-state index contributed by atoms with van der Waals surface area (Å²) in [5, 5.41) is 34.0. The maximum absolute atomic E-state index is 8.93. The van der Waals surface area contributed by atoms with Gasteiger partial charge in [0.25, 0.3) is 0 Å². The molecule has 0 heterocycles. The van der Waals surface area contributed by atoms with E-state index < -0.39 is 11.9 Å². The number of aliphatic hydroxyl groups excluding tert-OH is 2. The third-order valence-corrected chi connectivity index (χ3v) is 1.17. The molecular formula is C5H12O4. The van der Waals surface area contributed by atoms with Crippen molar-refractivity contribution in [2.75, 3.05) is 6.61 Å². The SMILES string of the molecule is CC(O)(CCO)C(O)O. The predicted molar refractivity (Wildman–Crippen MR) is 30.6 cm³/mol. The Morgan fingerprint density at radius 1 is 1.44 bits per heavy atom. The maximum atomic E-state index is 8.93. The highest BCUT2D eigenvalue weighted by Crippen LogP contribution is 2.11. The maximum Gasteiger partial charge on any atom is 0.180 e. The Kier molecular flexibility index (Phi) is 3.07. The van der Waals surface area contributed by atoms with Crippen LogP contribution in [0.3, 0.4) is 0 Å². The van der Waals surface area contributed by atoms with Gasteiger partial charge in [-0.15, -0.1) is 0 Å². The molecule has 4 heteroatoms. The average molecular weight is 136 g/mol. The quantitative estimate of drug-likeness (QED) is 0.353. The number of aliphatic hydroxyl groups is 4. The van der Waals surface area contributed by atoms with E-state index in [-0.39, 0.29) is 13.0 Å². The second-order valence-corrected chi connectivity index (χ2v) is 2.20. The molecule has 4 nitrogen and oxygen atoms in total. The van der Waals surface area contributed by atoms with E-state index in [4.69, 9.17) is 20.4 Å². The molecule has 0 radical (unpaired) electrons. The van der Waals surface area contributed by atoms with Crippen molar-refractivity contribution in [1.82, 2.24) is 0 Å². The van der Waals surface area contributed by atoms with Gasteiger partial charge in [-0.1, -0.05) is 0 Å². The normalized spacial score (nSPS) is 18.0. The van der Waals surface area contributed by atoms with Gasteiger partial charge < -0.3 is 20.4 Å². The summed E-state index contributed by atoms with van der Waals surface area (Å²) in [5.74, 6) is 0. The van der Waals surface area contributed by atoms with E-state index in [0.29, 0.717) is 0 Å². The number of rotatable bonds is 3. The summed E-state index contributed by atoms with van der Waals surface area (Å²) in [6.45, 7) is 0.985. The van der Waals surface area contributed by atoms with Crippen LogP contribution < -0.4 is 0 Å². The summed E-state index contributed by atoms with van der Waals surface area (Å²) in [6.07, 6.45) is -1.82. The van der Waals surface area contributed by atoms with Gasteiger partial charge in [-0.3, -0.25) is 0 Å². The standard InChI is InChI=1S/C5H12O4/c1-5(9,2-3-6)4(7)8/h4,6-9H,2-3H2,1H3. The molecule has 9 heavy (non-hydrogen) atoms. The van der Waals surface area contributed by atoms with Gasteiger partial charge in [-0.25, -0.2) is 0 Å². The van der Waals surface area contributed by atoms with E-state index in [0.717, 1.165) is 0 Å². The molecule has 0 aliphatic carbocycles. The molecule has 0 aliphatic heterocycles. The van der Waals surface area contributed by atoms with Crippen LogP contribution in [0.2, 0.25) is 0 Å². The minimum atomic E-state index is -1.79. The fraction of sp³-hybridized carbons (Fsp3) is 1.00. The Morgan fingerprint density at radius 3 is 2.00 bits per heavy atom. The highest BCUT2D eigenvalue weighted by Gasteiger charge is 2.27. The van der Waals surface area contributed by atoms with Crippen LogP contribution in [0, 0.1) is 0 Å². The molecule has 0 fully saturated rings. The third-order valence-electron chi connectivity index (χ3n) is 1.17. The predicted octanol–water partition coefficient (Wildman–Crippen LogP) is -1.57. The Bertz CT molecular complexity index is 79.0. The van der Waals surface area contributed by atoms with Gasteiger partial charge in [0, 0.05) is 13.0 Å². The zero-order valence-corrected chi connectivity index (χ0v) is 5.28. The zero-order valence-electron chi connectivity index (χ0n) is 5.28. The third kappa shape index (κ3) is 2.76. The number of hydrogen-bond acceptors (Lipinski definition) is 4. The molecule has 4 N–H and O–H groups in total. The van der Waals surface area contributed by atoms with Crippen molar-refractivity contribution < 1.29 is 20.4 Å². The van der Waals surface area contributed by atoms with E-state index in [1.54, 1.807) is 0 Å². The van der Waals surface area contributed by atoms with Gasteiger partial charge in [0.2, 0.25) is 0 Å². The van der Waals surface area contributed by atoms with Crippen LogP contribution in [0.15, 0.2) is 0 Å². The first kappa shape index (κ1) is 8.84. The van der Waals surface area contributed by atoms with Crippen molar-refractivity contribution in [3.05, 3.63) is 0 Å². The van der Waals surface area contributed by atoms with Crippen molar-refractivity contribution >= 4 is 0 Å². The first-order valence-electron chi connectivity index (χ1n) is 2.70.